The highest BCUT2D eigenvalue weighted by Gasteiger charge is 2.38. The summed E-state index contributed by atoms with van der Waals surface area (Å²) in [5.41, 5.74) is 9.17. The number of aliphatic carboxylic acids is 1. The molecule has 4 N–H and O–H groups in total. The van der Waals surface area contributed by atoms with Crippen molar-refractivity contribution in [3.63, 3.8) is 0 Å². The Hall–Kier alpha value is -4.71. The second-order valence-corrected chi connectivity index (χ2v) is 9.58. The molecule has 3 aromatic carbocycles. The van der Waals surface area contributed by atoms with Crippen molar-refractivity contribution in [1.82, 2.24) is 19.7 Å². The van der Waals surface area contributed by atoms with Crippen LogP contribution in [0.3, 0.4) is 0 Å². The van der Waals surface area contributed by atoms with Gasteiger partial charge in [0, 0.05) is 40.5 Å². The first-order valence-corrected chi connectivity index (χ1v) is 12.9. The lowest BCUT2D eigenvalue weighted by Gasteiger charge is -2.21. The molecular weight excluding hydrogens is 576 g/mol. The van der Waals surface area contributed by atoms with Gasteiger partial charge in [-0.1, -0.05) is 30.7 Å². The third kappa shape index (κ3) is 6.95. The third-order valence-electron chi connectivity index (χ3n) is 6.29. The van der Waals surface area contributed by atoms with E-state index in [2.05, 4.69) is 15.4 Å². The molecule has 218 valence electrons. The van der Waals surface area contributed by atoms with E-state index < -0.39 is 18.2 Å². The van der Waals surface area contributed by atoms with Crippen molar-refractivity contribution >= 4 is 39.8 Å². The number of nitrogens with one attached hydrogen (secondary N) is 1. The van der Waals surface area contributed by atoms with Gasteiger partial charge in [-0.15, -0.1) is 0 Å². The number of anilines is 2. The number of hydrogen-bond acceptors (Lipinski definition) is 6. The average molecular weight is 601 g/mol. The van der Waals surface area contributed by atoms with E-state index in [0.717, 1.165) is 34.0 Å². The quantitative estimate of drug-likeness (QED) is 0.183. The van der Waals surface area contributed by atoms with Crippen LogP contribution >= 0.6 is 11.6 Å². The SMILES string of the molecule is CCc1ccc(F)c(C(Nc2ccc3c(N)nccc3c2)c2nc(-c3ccc(Cl)cc3)nn2C)c1.O=C(O)C(F)(F)F. The van der Waals surface area contributed by atoms with Gasteiger partial charge in [0.05, 0.1) is 0 Å². The molecule has 1 atom stereocenters. The molecule has 8 nitrogen and oxygen atoms in total. The first kappa shape index (κ1) is 30.3. The number of nitrogens with zero attached hydrogens (tertiary/aromatic N) is 4. The summed E-state index contributed by atoms with van der Waals surface area (Å²) < 4.78 is 48.6. The van der Waals surface area contributed by atoms with Crippen LogP contribution in [0.1, 0.15) is 29.9 Å². The topological polar surface area (TPSA) is 119 Å². The molecule has 0 saturated carbocycles. The number of pyridine rings is 1. The fourth-order valence-corrected chi connectivity index (χ4v) is 4.27. The Morgan fingerprint density at radius 3 is 2.43 bits per heavy atom. The summed E-state index contributed by atoms with van der Waals surface area (Å²) in [5.74, 6) is -1.49. The standard InChI is InChI=1S/C27H24ClFN6.C2HF3O2/c1-3-16-4-11-23(29)22(14-16)24(32-20-9-10-21-18(15-20)12-13-31-25(21)30)27-33-26(34-35(27)2)17-5-7-19(28)8-6-17;3-2(4,5)1(6)7/h4-15,24,32H,3H2,1-2H3,(H2,30,31);(H,6,7). The van der Waals surface area contributed by atoms with Crippen molar-refractivity contribution in [3.05, 3.63) is 101 Å². The molecule has 0 aliphatic carbocycles. The van der Waals surface area contributed by atoms with E-state index in [1.54, 1.807) is 29.1 Å². The molecule has 42 heavy (non-hydrogen) atoms. The summed E-state index contributed by atoms with van der Waals surface area (Å²) in [6, 6.07) is 19.6. The maximum absolute atomic E-state index is 15.2. The lowest BCUT2D eigenvalue weighted by molar-refractivity contribution is -0.192. The number of fused-ring (bicyclic) bond motifs is 1. The van der Waals surface area contributed by atoms with Crippen molar-refractivity contribution < 1.29 is 27.5 Å². The number of aryl methyl sites for hydroxylation is 2. The molecule has 5 rings (SSSR count). The minimum Gasteiger partial charge on any atom is -0.475 e. The number of carboxylic acids is 1. The predicted octanol–water partition coefficient (Wildman–Crippen LogP) is 6.80. The molecule has 2 aromatic heterocycles. The predicted molar refractivity (Wildman–Crippen MR) is 153 cm³/mol. The number of carboxylic acid groups (broad SMARTS) is 1. The summed E-state index contributed by atoms with van der Waals surface area (Å²) >= 11 is 6.04. The highest BCUT2D eigenvalue weighted by Crippen LogP contribution is 2.32. The van der Waals surface area contributed by atoms with E-state index in [0.29, 0.717) is 28.1 Å². The van der Waals surface area contributed by atoms with Crippen molar-refractivity contribution in [3.8, 4) is 11.4 Å². The molecule has 13 heteroatoms. The zero-order chi connectivity index (χ0) is 30.6. The zero-order valence-electron chi connectivity index (χ0n) is 22.3. The molecule has 2 heterocycles. The van der Waals surface area contributed by atoms with Crippen LogP contribution in [0.4, 0.5) is 29.1 Å². The van der Waals surface area contributed by atoms with E-state index in [4.69, 9.17) is 32.2 Å². The average Bonchev–Trinajstić information content (AvgIpc) is 3.33. The highest BCUT2D eigenvalue weighted by atomic mass is 35.5. The van der Waals surface area contributed by atoms with Gasteiger partial charge in [-0.2, -0.15) is 18.3 Å². The van der Waals surface area contributed by atoms with Gasteiger partial charge in [-0.05, 0) is 72.0 Å². The molecule has 0 radical (unpaired) electrons. The number of alkyl halides is 3. The largest absolute Gasteiger partial charge is 0.490 e. The summed E-state index contributed by atoms with van der Waals surface area (Å²) in [5, 5.41) is 17.6. The Kier molecular flexibility index (Phi) is 8.96. The fourth-order valence-electron chi connectivity index (χ4n) is 4.14. The molecule has 0 fully saturated rings. The van der Waals surface area contributed by atoms with E-state index in [9.17, 15) is 13.2 Å². The Labute approximate surface area is 242 Å². The maximum atomic E-state index is 15.2. The Morgan fingerprint density at radius 1 is 1.10 bits per heavy atom. The van der Waals surface area contributed by atoms with Gasteiger partial charge in [0.25, 0.3) is 0 Å². The first-order valence-electron chi connectivity index (χ1n) is 12.5. The molecule has 5 aromatic rings. The highest BCUT2D eigenvalue weighted by molar-refractivity contribution is 6.30. The molecule has 0 bridgehead atoms. The molecule has 1 unspecified atom stereocenters. The maximum Gasteiger partial charge on any atom is 0.490 e. The van der Waals surface area contributed by atoms with Crippen LogP contribution in [-0.4, -0.2) is 37.0 Å². The molecule has 0 aliphatic heterocycles. The molecular formula is C29H25ClF4N6O2. The van der Waals surface area contributed by atoms with Crippen LogP contribution in [0.2, 0.25) is 5.02 Å². The number of rotatable bonds is 6. The lowest BCUT2D eigenvalue weighted by Crippen LogP contribution is -2.21. The second kappa shape index (κ2) is 12.4. The number of carbonyl (C=O) groups is 1. The van der Waals surface area contributed by atoms with Gasteiger partial charge in [0.2, 0.25) is 0 Å². The Balaban J connectivity index is 0.000000517. The number of hydrogen-bond donors (Lipinski definition) is 3. The zero-order valence-corrected chi connectivity index (χ0v) is 23.1. The molecule has 0 amide bonds. The van der Waals surface area contributed by atoms with Crippen LogP contribution < -0.4 is 11.1 Å². The van der Waals surface area contributed by atoms with Gasteiger partial charge in [0.1, 0.15) is 17.7 Å². The van der Waals surface area contributed by atoms with Gasteiger partial charge < -0.3 is 16.2 Å². The fraction of sp³-hybridized carbons (Fsp3) is 0.172. The normalized spacial score (nSPS) is 12.0. The molecule has 0 aliphatic rings. The van der Waals surface area contributed by atoms with Crippen molar-refractivity contribution in [1.29, 1.82) is 0 Å². The number of nitrogen functional groups attached to an aromatic ring is 1. The van der Waals surface area contributed by atoms with E-state index in [1.165, 1.54) is 6.07 Å². The van der Waals surface area contributed by atoms with Gasteiger partial charge >= 0.3 is 12.1 Å². The number of aromatic nitrogens is 4. The summed E-state index contributed by atoms with van der Waals surface area (Å²) in [6.45, 7) is 2.04. The molecule has 0 spiro atoms. The first-order chi connectivity index (χ1) is 19.9. The Morgan fingerprint density at radius 2 is 1.79 bits per heavy atom. The second-order valence-electron chi connectivity index (χ2n) is 9.15. The Bertz CT molecular complexity index is 1720. The smallest absolute Gasteiger partial charge is 0.475 e. The van der Waals surface area contributed by atoms with Crippen LogP contribution in [0.25, 0.3) is 22.2 Å². The summed E-state index contributed by atoms with van der Waals surface area (Å²) in [7, 11) is 1.81. The van der Waals surface area contributed by atoms with E-state index >= 15 is 4.39 Å². The van der Waals surface area contributed by atoms with Crippen molar-refractivity contribution in [2.75, 3.05) is 11.1 Å². The van der Waals surface area contributed by atoms with Crippen LogP contribution in [0.15, 0.2) is 72.9 Å². The number of nitrogens with two attached hydrogens (primary N) is 1. The molecule has 0 saturated heterocycles. The van der Waals surface area contributed by atoms with Crippen molar-refractivity contribution in [2.45, 2.75) is 25.6 Å². The van der Waals surface area contributed by atoms with E-state index in [-0.39, 0.29) is 5.82 Å². The number of halogens is 5. The van der Waals surface area contributed by atoms with Crippen LogP contribution in [-0.2, 0) is 18.3 Å². The van der Waals surface area contributed by atoms with Gasteiger partial charge in [-0.3, -0.25) is 4.68 Å². The minimum atomic E-state index is -5.08. The van der Waals surface area contributed by atoms with Crippen molar-refractivity contribution in [2.24, 2.45) is 7.05 Å². The summed E-state index contributed by atoms with van der Waals surface area (Å²) in [4.78, 5) is 17.9. The minimum absolute atomic E-state index is 0.315. The van der Waals surface area contributed by atoms with Gasteiger partial charge in [0.15, 0.2) is 11.6 Å². The lowest BCUT2D eigenvalue weighted by atomic mass is 10.0. The summed E-state index contributed by atoms with van der Waals surface area (Å²) in [6.07, 6.45) is -2.62. The third-order valence-corrected chi connectivity index (χ3v) is 6.54. The number of benzene rings is 3. The monoisotopic (exact) mass is 600 g/mol. The van der Waals surface area contributed by atoms with Gasteiger partial charge in [-0.25, -0.2) is 19.2 Å². The van der Waals surface area contributed by atoms with Crippen LogP contribution in [0, 0.1) is 5.82 Å². The van der Waals surface area contributed by atoms with E-state index in [1.807, 2.05) is 56.4 Å². The van der Waals surface area contributed by atoms with Crippen LogP contribution in [0.5, 0.6) is 0 Å².